The summed E-state index contributed by atoms with van der Waals surface area (Å²) in [5.74, 6) is -0.0318. The minimum atomic E-state index is -0.0647. The second-order valence-electron chi connectivity index (χ2n) is 7.52. The third-order valence-electron chi connectivity index (χ3n) is 5.47. The number of carbonyl (C=O) groups excluding carboxylic acids is 1. The number of amides is 1. The van der Waals surface area contributed by atoms with Gasteiger partial charge in [-0.3, -0.25) is 9.69 Å². The zero-order valence-corrected chi connectivity index (χ0v) is 16.5. The highest BCUT2D eigenvalue weighted by atomic mass is 16.5. The quantitative estimate of drug-likeness (QED) is 0.742. The Morgan fingerprint density at radius 3 is 2.57 bits per heavy atom. The van der Waals surface area contributed by atoms with Crippen LogP contribution in [0.25, 0.3) is 10.9 Å². The van der Waals surface area contributed by atoms with Crippen LogP contribution >= 0.6 is 0 Å². The van der Waals surface area contributed by atoms with E-state index in [0.717, 1.165) is 54.9 Å². The van der Waals surface area contributed by atoms with Crippen molar-refractivity contribution in [1.82, 2.24) is 14.8 Å². The number of morpholine rings is 1. The Balaban J connectivity index is 1.60. The molecule has 146 valence electrons. The van der Waals surface area contributed by atoms with Crippen LogP contribution in [-0.4, -0.2) is 48.2 Å². The number of hydrogen-bond donors (Lipinski definition) is 1. The molecule has 5 heteroatoms. The number of aryl methyl sites for hydroxylation is 2. The van der Waals surface area contributed by atoms with Gasteiger partial charge in [-0.25, -0.2) is 0 Å². The van der Waals surface area contributed by atoms with E-state index in [4.69, 9.17) is 4.74 Å². The van der Waals surface area contributed by atoms with Gasteiger partial charge in [0, 0.05) is 43.8 Å². The lowest BCUT2D eigenvalue weighted by atomic mass is 10.0. The SMILES string of the molecule is Cc1ccc(C(CN2CCOCC2)NC(=O)c2cn(C)c3ccccc23)cc1. The van der Waals surface area contributed by atoms with Crippen LogP contribution in [0, 0.1) is 6.92 Å². The van der Waals surface area contributed by atoms with Crippen molar-refractivity contribution >= 4 is 16.8 Å². The Bertz CT molecular complexity index is 956. The second-order valence-corrected chi connectivity index (χ2v) is 7.52. The fourth-order valence-corrected chi connectivity index (χ4v) is 3.83. The van der Waals surface area contributed by atoms with E-state index in [0.29, 0.717) is 0 Å². The van der Waals surface area contributed by atoms with Crippen LogP contribution in [0.15, 0.2) is 54.7 Å². The van der Waals surface area contributed by atoms with Crippen molar-refractivity contribution < 1.29 is 9.53 Å². The van der Waals surface area contributed by atoms with Crippen LogP contribution in [0.2, 0.25) is 0 Å². The Labute approximate surface area is 165 Å². The van der Waals surface area contributed by atoms with Crippen molar-refractivity contribution in [3.05, 3.63) is 71.4 Å². The van der Waals surface area contributed by atoms with E-state index in [9.17, 15) is 4.79 Å². The maximum absolute atomic E-state index is 13.2. The number of fused-ring (bicyclic) bond motifs is 1. The van der Waals surface area contributed by atoms with Crippen molar-refractivity contribution in [1.29, 1.82) is 0 Å². The molecule has 1 fully saturated rings. The molecule has 2 heterocycles. The first-order valence-corrected chi connectivity index (χ1v) is 9.83. The zero-order chi connectivity index (χ0) is 19.5. The van der Waals surface area contributed by atoms with Crippen molar-refractivity contribution in [3.8, 4) is 0 Å². The normalized spacial score (nSPS) is 16.2. The largest absolute Gasteiger partial charge is 0.379 e. The van der Waals surface area contributed by atoms with Crippen LogP contribution in [0.4, 0.5) is 0 Å². The molecule has 0 radical (unpaired) electrons. The molecule has 2 aromatic carbocycles. The minimum Gasteiger partial charge on any atom is -0.379 e. The van der Waals surface area contributed by atoms with E-state index in [1.165, 1.54) is 5.56 Å². The molecule has 1 N–H and O–H groups in total. The summed E-state index contributed by atoms with van der Waals surface area (Å²) in [5, 5.41) is 4.27. The Morgan fingerprint density at radius 1 is 1.11 bits per heavy atom. The van der Waals surface area contributed by atoms with E-state index in [1.54, 1.807) is 0 Å². The zero-order valence-electron chi connectivity index (χ0n) is 16.5. The highest BCUT2D eigenvalue weighted by Gasteiger charge is 2.22. The number of carbonyl (C=O) groups is 1. The number of rotatable bonds is 5. The van der Waals surface area contributed by atoms with Gasteiger partial charge < -0.3 is 14.6 Å². The molecule has 1 unspecified atom stereocenters. The second kappa shape index (κ2) is 8.17. The lowest BCUT2D eigenvalue weighted by Crippen LogP contribution is -2.43. The van der Waals surface area contributed by atoms with Crippen LogP contribution in [0.3, 0.4) is 0 Å². The van der Waals surface area contributed by atoms with Gasteiger partial charge in [-0.2, -0.15) is 0 Å². The molecule has 1 aliphatic heterocycles. The molecule has 0 bridgehead atoms. The van der Waals surface area contributed by atoms with Gasteiger partial charge in [0.15, 0.2) is 0 Å². The molecule has 1 atom stereocenters. The fourth-order valence-electron chi connectivity index (χ4n) is 3.83. The summed E-state index contributed by atoms with van der Waals surface area (Å²) in [6, 6.07) is 16.4. The highest BCUT2D eigenvalue weighted by molar-refractivity contribution is 6.07. The van der Waals surface area contributed by atoms with Gasteiger partial charge in [-0.15, -0.1) is 0 Å². The Morgan fingerprint density at radius 2 is 1.82 bits per heavy atom. The lowest BCUT2D eigenvalue weighted by Gasteiger charge is -2.31. The van der Waals surface area contributed by atoms with Crippen LogP contribution in [0.1, 0.15) is 27.5 Å². The van der Waals surface area contributed by atoms with Crippen molar-refractivity contribution in [3.63, 3.8) is 0 Å². The van der Waals surface area contributed by atoms with E-state index in [-0.39, 0.29) is 11.9 Å². The Kier molecular flexibility index (Phi) is 5.46. The maximum Gasteiger partial charge on any atom is 0.253 e. The van der Waals surface area contributed by atoms with Crippen molar-refractivity contribution in [2.24, 2.45) is 7.05 Å². The molecule has 1 amide bonds. The first-order valence-electron chi connectivity index (χ1n) is 9.83. The van der Waals surface area contributed by atoms with Gasteiger partial charge in [0.1, 0.15) is 0 Å². The minimum absolute atomic E-state index is 0.0318. The predicted molar refractivity (Wildman–Crippen MR) is 112 cm³/mol. The number of hydrogen-bond acceptors (Lipinski definition) is 3. The molecule has 0 saturated carbocycles. The van der Waals surface area contributed by atoms with Crippen LogP contribution in [0.5, 0.6) is 0 Å². The summed E-state index contributed by atoms with van der Waals surface area (Å²) in [6.45, 7) is 6.15. The van der Waals surface area contributed by atoms with Gasteiger partial charge >= 0.3 is 0 Å². The van der Waals surface area contributed by atoms with E-state index >= 15 is 0 Å². The smallest absolute Gasteiger partial charge is 0.253 e. The van der Waals surface area contributed by atoms with Crippen molar-refractivity contribution in [2.75, 3.05) is 32.8 Å². The van der Waals surface area contributed by atoms with E-state index in [2.05, 4.69) is 41.4 Å². The van der Waals surface area contributed by atoms with Gasteiger partial charge in [0.2, 0.25) is 0 Å². The number of benzene rings is 2. The third kappa shape index (κ3) is 3.96. The van der Waals surface area contributed by atoms with Gasteiger partial charge in [-0.05, 0) is 18.6 Å². The molecular formula is C23H27N3O2. The van der Waals surface area contributed by atoms with Gasteiger partial charge in [-0.1, -0.05) is 48.0 Å². The molecule has 0 spiro atoms. The lowest BCUT2D eigenvalue weighted by molar-refractivity contribution is 0.0332. The fraction of sp³-hybridized carbons (Fsp3) is 0.348. The highest BCUT2D eigenvalue weighted by Crippen LogP contribution is 2.22. The molecular weight excluding hydrogens is 350 g/mol. The summed E-state index contributed by atoms with van der Waals surface area (Å²) in [6.07, 6.45) is 1.92. The number of aromatic nitrogens is 1. The number of ether oxygens (including phenoxy) is 1. The summed E-state index contributed by atoms with van der Waals surface area (Å²) >= 11 is 0. The molecule has 5 nitrogen and oxygen atoms in total. The van der Waals surface area contributed by atoms with Gasteiger partial charge in [0.25, 0.3) is 5.91 Å². The summed E-state index contributed by atoms with van der Waals surface area (Å²) in [5.41, 5.74) is 4.13. The monoisotopic (exact) mass is 377 g/mol. The summed E-state index contributed by atoms with van der Waals surface area (Å²) in [7, 11) is 1.98. The summed E-state index contributed by atoms with van der Waals surface area (Å²) in [4.78, 5) is 15.6. The average molecular weight is 377 g/mol. The molecule has 1 saturated heterocycles. The third-order valence-corrected chi connectivity index (χ3v) is 5.47. The van der Waals surface area contributed by atoms with Crippen LogP contribution < -0.4 is 5.32 Å². The van der Waals surface area contributed by atoms with Gasteiger partial charge in [0.05, 0.1) is 24.8 Å². The number of nitrogens with one attached hydrogen (secondary N) is 1. The number of nitrogens with zero attached hydrogens (tertiary/aromatic N) is 2. The first kappa shape index (κ1) is 18.7. The molecule has 3 aromatic rings. The topological polar surface area (TPSA) is 46.5 Å². The van der Waals surface area contributed by atoms with Crippen LogP contribution in [-0.2, 0) is 11.8 Å². The number of para-hydroxylation sites is 1. The molecule has 28 heavy (non-hydrogen) atoms. The van der Waals surface area contributed by atoms with E-state index < -0.39 is 0 Å². The molecule has 4 rings (SSSR count). The summed E-state index contributed by atoms with van der Waals surface area (Å²) < 4.78 is 7.48. The van der Waals surface area contributed by atoms with E-state index in [1.807, 2.05) is 42.1 Å². The molecule has 1 aromatic heterocycles. The molecule has 1 aliphatic rings. The molecule has 0 aliphatic carbocycles. The predicted octanol–water partition coefficient (Wildman–Crippen LogP) is 3.29. The average Bonchev–Trinajstić information content (AvgIpc) is 3.06. The maximum atomic E-state index is 13.2. The first-order chi connectivity index (χ1) is 13.6. The van der Waals surface area contributed by atoms with Crippen molar-refractivity contribution in [2.45, 2.75) is 13.0 Å². The standard InChI is InChI=1S/C23H27N3O2/c1-17-7-9-18(10-8-17)21(16-26-11-13-28-14-12-26)24-23(27)20-15-25(2)22-6-4-3-5-19(20)22/h3-10,15,21H,11-14,16H2,1-2H3,(H,24,27). The Hall–Kier alpha value is -2.63.